The highest BCUT2D eigenvalue weighted by Crippen LogP contribution is 2.34. The maximum atomic E-state index is 13.0. The van der Waals surface area contributed by atoms with Crippen LogP contribution in [0.5, 0.6) is 5.75 Å². The van der Waals surface area contributed by atoms with Crippen LogP contribution >= 0.6 is 0 Å². The molecule has 0 fully saturated rings. The van der Waals surface area contributed by atoms with Gasteiger partial charge in [0.05, 0.1) is 7.11 Å². The lowest BCUT2D eigenvalue weighted by Crippen LogP contribution is -2.43. The number of nitrogens with one attached hydrogen (secondary N) is 1. The summed E-state index contributed by atoms with van der Waals surface area (Å²) >= 11 is 0. The second-order valence-electron chi connectivity index (χ2n) is 7.61. The average Bonchev–Trinajstić information content (AvgIpc) is 2.67. The van der Waals surface area contributed by atoms with Crippen LogP contribution in [-0.4, -0.2) is 25.0 Å². The number of carbonyl (C=O) groups is 2. The molecule has 0 saturated carbocycles. The molecule has 1 N–H and O–H groups in total. The largest absolute Gasteiger partial charge is 0.497 e. The first-order valence-electron chi connectivity index (χ1n) is 9.78. The first kappa shape index (κ1) is 19.9. The Balaban J connectivity index is 1.75. The molecular weight excluding hydrogens is 352 g/mol. The molecule has 0 bridgehead atoms. The normalized spacial score (nSPS) is 15.9. The van der Waals surface area contributed by atoms with Crippen molar-refractivity contribution in [1.29, 1.82) is 0 Å². The van der Waals surface area contributed by atoms with Crippen LogP contribution in [0.2, 0.25) is 0 Å². The van der Waals surface area contributed by atoms with Crippen LogP contribution in [0.15, 0.2) is 42.5 Å². The second-order valence-corrected chi connectivity index (χ2v) is 7.61. The monoisotopic (exact) mass is 380 g/mol. The number of hydrogen-bond acceptors (Lipinski definition) is 3. The van der Waals surface area contributed by atoms with Crippen LogP contribution in [0, 0.1) is 0 Å². The van der Waals surface area contributed by atoms with Gasteiger partial charge >= 0.3 is 0 Å². The van der Waals surface area contributed by atoms with Crippen molar-refractivity contribution in [2.45, 2.75) is 52.0 Å². The van der Waals surface area contributed by atoms with E-state index < -0.39 is 0 Å². The zero-order chi connectivity index (χ0) is 20.3. The van der Waals surface area contributed by atoms with Crippen LogP contribution in [0.3, 0.4) is 0 Å². The number of carbonyl (C=O) groups excluding carboxylic acids is 2. The van der Waals surface area contributed by atoms with E-state index >= 15 is 0 Å². The highest BCUT2D eigenvalue weighted by atomic mass is 16.5. The summed E-state index contributed by atoms with van der Waals surface area (Å²) in [5.41, 5.74) is 3.79. The van der Waals surface area contributed by atoms with Gasteiger partial charge in [-0.25, -0.2) is 0 Å². The Morgan fingerprint density at radius 2 is 1.96 bits per heavy atom. The summed E-state index contributed by atoms with van der Waals surface area (Å²) < 4.78 is 5.30. The second kappa shape index (κ2) is 8.46. The lowest BCUT2D eigenvalue weighted by molar-refractivity contribution is -0.125. The van der Waals surface area contributed by atoms with Gasteiger partial charge in [0, 0.05) is 17.4 Å². The third kappa shape index (κ3) is 4.19. The third-order valence-electron chi connectivity index (χ3n) is 5.26. The fourth-order valence-electron chi connectivity index (χ4n) is 3.77. The number of rotatable bonds is 5. The van der Waals surface area contributed by atoms with E-state index in [1.807, 2.05) is 49.4 Å². The van der Waals surface area contributed by atoms with Gasteiger partial charge < -0.3 is 15.0 Å². The quantitative estimate of drug-likeness (QED) is 0.776. The number of benzene rings is 2. The van der Waals surface area contributed by atoms with E-state index in [1.54, 1.807) is 12.0 Å². The Bertz CT molecular complexity index is 876. The van der Waals surface area contributed by atoms with E-state index in [4.69, 9.17) is 4.74 Å². The molecule has 0 spiro atoms. The molecule has 2 aromatic carbocycles. The fourth-order valence-corrected chi connectivity index (χ4v) is 3.77. The molecule has 1 unspecified atom stereocenters. The number of methoxy groups -OCH3 is 1. The van der Waals surface area contributed by atoms with Crippen LogP contribution in [0.1, 0.15) is 50.7 Å². The van der Waals surface area contributed by atoms with Crippen molar-refractivity contribution in [3.05, 3.63) is 53.6 Å². The Labute approximate surface area is 166 Å². The van der Waals surface area contributed by atoms with Crippen molar-refractivity contribution in [2.24, 2.45) is 0 Å². The molecule has 148 valence electrons. The summed E-state index contributed by atoms with van der Waals surface area (Å²) in [6.07, 6.45) is 1.58. The number of anilines is 2. The molecule has 5 nitrogen and oxygen atoms in total. The highest BCUT2D eigenvalue weighted by Gasteiger charge is 2.29. The predicted molar refractivity (Wildman–Crippen MR) is 112 cm³/mol. The number of nitrogens with zero attached hydrogens (tertiary/aromatic N) is 1. The molecule has 0 aromatic heterocycles. The van der Waals surface area contributed by atoms with Crippen molar-refractivity contribution >= 4 is 23.2 Å². The maximum Gasteiger partial charge on any atom is 0.236 e. The van der Waals surface area contributed by atoms with E-state index in [2.05, 4.69) is 19.2 Å². The van der Waals surface area contributed by atoms with E-state index in [-0.39, 0.29) is 30.2 Å². The average molecular weight is 380 g/mol. The number of para-hydroxylation sites is 1. The van der Waals surface area contributed by atoms with E-state index in [0.717, 1.165) is 41.1 Å². The van der Waals surface area contributed by atoms with Gasteiger partial charge in [-0.1, -0.05) is 32.0 Å². The van der Waals surface area contributed by atoms with Crippen LogP contribution in [0.25, 0.3) is 0 Å². The fraction of sp³-hybridized carbons (Fsp3) is 0.391. The predicted octanol–water partition coefficient (Wildman–Crippen LogP) is 4.52. The lowest BCUT2D eigenvalue weighted by atomic mass is 9.96. The number of aryl methyl sites for hydroxylation is 1. The highest BCUT2D eigenvalue weighted by molar-refractivity contribution is 6.09. The Hall–Kier alpha value is -2.82. The molecule has 3 rings (SSSR count). The van der Waals surface area contributed by atoms with Crippen molar-refractivity contribution in [3.63, 3.8) is 0 Å². The van der Waals surface area contributed by atoms with Gasteiger partial charge in [-0.3, -0.25) is 9.59 Å². The van der Waals surface area contributed by atoms with Crippen molar-refractivity contribution in [1.82, 2.24) is 0 Å². The smallest absolute Gasteiger partial charge is 0.236 e. The number of hydrogen-bond donors (Lipinski definition) is 1. The van der Waals surface area contributed by atoms with E-state index in [1.165, 1.54) is 0 Å². The molecule has 5 heteroatoms. The number of fused-ring (bicyclic) bond motifs is 1. The van der Waals surface area contributed by atoms with Gasteiger partial charge in [-0.15, -0.1) is 0 Å². The summed E-state index contributed by atoms with van der Waals surface area (Å²) in [6, 6.07) is 13.5. The molecule has 1 aliphatic rings. The molecular formula is C23H28N2O3. The van der Waals surface area contributed by atoms with Gasteiger partial charge in [0.1, 0.15) is 12.2 Å². The third-order valence-corrected chi connectivity index (χ3v) is 5.26. The molecule has 0 radical (unpaired) electrons. The SMILES string of the molecule is COc1ccc2c(c1)CCC(C)N2C(=O)CC(=O)Nc1ccccc1C(C)C. The molecule has 28 heavy (non-hydrogen) atoms. The first-order chi connectivity index (χ1) is 13.4. The Kier molecular flexibility index (Phi) is 6.02. The summed E-state index contributed by atoms with van der Waals surface area (Å²) in [5, 5.41) is 2.91. The molecule has 0 aliphatic carbocycles. The van der Waals surface area contributed by atoms with Gasteiger partial charge in [0.25, 0.3) is 0 Å². The molecule has 1 aliphatic heterocycles. The van der Waals surface area contributed by atoms with Crippen molar-refractivity contribution in [2.75, 3.05) is 17.3 Å². The zero-order valence-corrected chi connectivity index (χ0v) is 17.0. The Morgan fingerprint density at radius 1 is 1.21 bits per heavy atom. The van der Waals surface area contributed by atoms with Crippen LogP contribution < -0.4 is 15.0 Å². The molecule has 1 heterocycles. The molecule has 2 amide bonds. The maximum absolute atomic E-state index is 13.0. The Morgan fingerprint density at radius 3 is 2.68 bits per heavy atom. The number of ether oxygens (including phenoxy) is 1. The molecule has 1 atom stereocenters. The minimum Gasteiger partial charge on any atom is -0.497 e. The standard InChI is InChI=1S/C23H28N2O3/c1-15(2)19-7-5-6-8-20(19)24-22(26)14-23(27)25-16(3)9-10-17-13-18(28-4)11-12-21(17)25/h5-8,11-13,15-16H,9-10,14H2,1-4H3,(H,24,26). The summed E-state index contributed by atoms with van der Waals surface area (Å²) in [5.74, 6) is 0.601. The number of amides is 2. The van der Waals surface area contributed by atoms with Crippen molar-refractivity contribution in [3.8, 4) is 5.75 Å². The van der Waals surface area contributed by atoms with Crippen LogP contribution in [0.4, 0.5) is 11.4 Å². The van der Waals surface area contributed by atoms with Crippen LogP contribution in [-0.2, 0) is 16.0 Å². The van der Waals surface area contributed by atoms with Gasteiger partial charge in [0.15, 0.2) is 0 Å². The summed E-state index contributed by atoms with van der Waals surface area (Å²) in [6.45, 7) is 6.19. The topological polar surface area (TPSA) is 58.6 Å². The van der Waals surface area contributed by atoms with Gasteiger partial charge in [-0.05, 0) is 61.1 Å². The minimum atomic E-state index is -0.286. The van der Waals surface area contributed by atoms with Crippen molar-refractivity contribution < 1.29 is 14.3 Å². The van der Waals surface area contributed by atoms with E-state index in [0.29, 0.717) is 0 Å². The van der Waals surface area contributed by atoms with Gasteiger partial charge in [-0.2, -0.15) is 0 Å². The zero-order valence-electron chi connectivity index (χ0n) is 17.0. The molecule has 0 saturated heterocycles. The molecule has 2 aromatic rings. The van der Waals surface area contributed by atoms with E-state index in [9.17, 15) is 9.59 Å². The van der Waals surface area contributed by atoms with Gasteiger partial charge in [0.2, 0.25) is 11.8 Å². The lowest BCUT2D eigenvalue weighted by Gasteiger charge is -2.35. The first-order valence-corrected chi connectivity index (χ1v) is 9.78. The minimum absolute atomic E-state index is 0.0594. The summed E-state index contributed by atoms with van der Waals surface area (Å²) in [4.78, 5) is 27.3. The summed E-state index contributed by atoms with van der Waals surface area (Å²) in [7, 11) is 1.63.